The fourth-order valence-electron chi connectivity index (χ4n) is 2.16. The molecular formula is C15H10Cl2N2O. The van der Waals surface area contributed by atoms with E-state index >= 15 is 0 Å². The highest BCUT2D eigenvalue weighted by atomic mass is 35.5. The summed E-state index contributed by atoms with van der Waals surface area (Å²) >= 11 is 12.0. The standard InChI is InChI=1S/C15H10Cl2N2O/c1-8-18-14-3-2-9(6-13(14)15(20)19-8)10-4-11(16)7-12(17)5-10/h2-7H,1H3,(H,18,19,20). The number of rotatable bonds is 1. The number of nitrogens with zero attached hydrogens (tertiary/aromatic N) is 1. The Morgan fingerprint density at radius 3 is 2.40 bits per heavy atom. The van der Waals surface area contributed by atoms with Crippen LogP contribution in [0.25, 0.3) is 22.0 Å². The Labute approximate surface area is 125 Å². The predicted molar refractivity (Wildman–Crippen MR) is 82.6 cm³/mol. The quantitative estimate of drug-likeness (QED) is 0.732. The van der Waals surface area contributed by atoms with Crippen LogP contribution in [0.2, 0.25) is 10.0 Å². The van der Waals surface area contributed by atoms with E-state index in [1.807, 2.05) is 24.3 Å². The second-order valence-corrected chi connectivity index (χ2v) is 5.41. The molecule has 1 N–H and O–H groups in total. The first kappa shape index (κ1) is 13.2. The lowest BCUT2D eigenvalue weighted by Gasteiger charge is -2.05. The molecule has 0 saturated heterocycles. The van der Waals surface area contributed by atoms with E-state index in [1.165, 1.54) is 0 Å². The number of halogens is 2. The van der Waals surface area contributed by atoms with Crippen LogP contribution in [0.5, 0.6) is 0 Å². The van der Waals surface area contributed by atoms with Crippen molar-refractivity contribution in [2.24, 2.45) is 0 Å². The van der Waals surface area contributed by atoms with Crippen LogP contribution < -0.4 is 5.56 Å². The first-order valence-corrected chi connectivity index (χ1v) is 6.76. The highest BCUT2D eigenvalue weighted by Gasteiger charge is 2.06. The van der Waals surface area contributed by atoms with Gasteiger partial charge >= 0.3 is 0 Å². The molecule has 0 unspecified atom stereocenters. The van der Waals surface area contributed by atoms with E-state index in [4.69, 9.17) is 23.2 Å². The van der Waals surface area contributed by atoms with Gasteiger partial charge in [0.15, 0.2) is 0 Å². The molecular weight excluding hydrogens is 295 g/mol. The third kappa shape index (κ3) is 2.42. The molecule has 0 atom stereocenters. The molecule has 0 bridgehead atoms. The predicted octanol–water partition coefficient (Wildman–Crippen LogP) is 4.21. The molecule has 5 heteroatoms. The highest BCUT2D eigenvalue weighted by molar-refractivity contribution is 6.35. The summed E-state index contributed by atoms with van der Waals surface area (Å²) in [6, 6.07) is 10.8. The van der Waals surface area contributed by atoms with Crippen LogP contribution in [0.15, 0.2) is 41.2 Å². The Hall–Kier alpha value is -1.84. The van der Waals surface area contributed by atoms with Crippen molar-refractivity contribution in [1.29, 1.82) is 0 Å². The Balaban J connectivity index is 2.25. The molecule has 3 nitrogen and oxygen atoms in total. The van der Waals surface area contributed by atoms with Crippen molar-refractivity contribution >= 4 is 34.1 Å². The average molecular weight is 305 g/mol. The average Bonchev–Trinajstić information content (AvgIpc) is 2.37. The van der Waals surface area contributed by atoms with E-state index < -0.39 is 0 Å². The van der Waals surface area contributed by atoms with Gasteiger partial charge in [0.05, 0.1) is 10.9 Å². The number of aromatic amines is 1. The molecule has 0 aliphatic carbocycles. The Kier molecular flexibility index (Phi) is 3.24. The molecule has 100 valence electrons. The summed E-state index contributed by atoms with van der Waals surface area (Å²) in [6.45, 7) is 1.76. The van der Waals surface area contributed by atoms with Crippen molar-refractivity contribution in [1.82, 2.24) is 9.97 Å². The zero-order chi connectivity index (χ0) is 14.3. The van der Waals surface area contributed by atoms with Gasteiger partial charge in [0, 0.05) is 10.0 Å². The number of hydrogen-bond donors (Lipinski definition) is 1. The van der Waals surface area contributed by atoms with Crippen molar-refractivity contribution in [2.75, 3.05) is 0 Å². The summed E-state index contributed by atoms with van der Waals surface area (Å²) in [4.78, 5) is 19.0. The summed E-state index contributed by atoms with van der Waals surface area (Å²) in [6.07, 6.45) is 0. The third-order valence-electron chi connectivity index (χ3n) is 3.02. The number of H-pyrrole nitrogens is 1. The monoisotopic (exact) mass is 304 g/mol. The van der Waals surface area contributed by atoms with Crippen LogP contribution in [-0.2, 0) is 0 Å². The van der Waals surface area contributed by atoms with Crippen LogP contribution in [0.4, 0.5) is 0 Å². The Morgan fingerprint density at radius 1 is 1.00 bits per heavy atom. The summed E-state index contributed by atoms with van der Waals surface area (Å²) in [5.41, 5.74) is 2.26. The van der Waals surface area contributed by atoms with Crippen LogP contribution in [0, 0.1) is 6.92 Å². The topological polar surface area (TPSA) is 45.8 Å². The molecule has 0 radical (unpaired) electrons. The van der Waals surface area contributed by atoms with E-state index in [2.05, 4.69) is 9.97 Å². The number of aromatic nitrogens is 2. The van der Waals surface area contributed by atoms with Gasteiger partial charge in [-0.3, -0.25) is 4.79 Å². The smallest absolute Gasteiger partial charge is 0.258 e. The van der Waals surface area contributed by atoms with E-state index in [0.717, 1.165) is 11.1 Å². The SMILES string of the molecule is Cc1nc2ccc(-c3cc(Cl)cc(Cl)c3)cc2c(=O)[nH]1. The van der Waals surface area contributed by atoms with Gasteiger partial charge in [0.1, 0.15) is 5.82 Å². The fraction of sp³-hybridized carbons (Fsp3) is 0.0667. The molecule has 0 aliphatic rings. The number of benzene rings is 2. The minimum atomic E-state index is -0.150. The molecule has 2 aromatic carbocycles. The van der Waals surface area contributed by atoms with Crippen molar-refractivity contribution in [3.05, 3.63) is 62.6 Å². The third-order valence-corrected chi connectivity index (χ3v) is 3.46. The van der Waals surface area contributed by atoms with Crippen LogP contribution in [-0.4, -0.2) is 9.97 Å². The molecule has 0 amide bonds. The van der Waals surface area contributed by atoms with Crippen LogP contribution >= 0.6 is 23.2 Å². The lowest BCUT2D eigenvalue weighted by Crippen LogP contribution is -2.09. The van der Waals surface area contributed by atoms with Crippen molar-refractivity contribution in [3.8, 4) is 11.1 Å². The molecule has 3 aromatic rings. The molecule has 0 spiro atoms. The van der Waals surface area contributed by atoms with Gasteiger partial charge in [-0.1, -0.05) is 29.3 Å². The molecule has 0 fully saturated rings. The Morgan fingerprint density at radius 2 is 1.70 bits per heavy atom. The lowest BCUT2D eigenvalue weighted by molar-refractivity contribution is 1.06. The first-order chi connectivity index (χ1) is 9.52. The largest absolute Gasteiger partial charge is 0.310 e. The number of aryl methyl sites for hydroxylation is 1. The maximum Gasteiger partial charge on any atom is 0.258 e. The van der Waals surface area contributed by atoms with Crippen molar-refractivity contribution < 1.29 is 0 Å². The van der Waals surface area contributed by atoms with Gasteiger partial charge in [0.2, 0.25) is 0 Å². The summed E-state index contributed by atoms with van der Waals surface area (Å²) in [7, 11) is 0. The second kappa shape index (κ2) is 4.93. The van der Waals surface area contributed by atoms with Crippen LogP contribution in [0.1, 0.15) is 5.82 Å². The summed E-state index contributed by atoms with van der Waals surface area (Å²) < 4.78 is 0. The highest BCUT2D eigenvalue weighted by Crippen LogP contribution is 2.28. The molecule has 0 aliphatic heterocycles. The molecule has 3 rings (SSSR count). The van der Waals surface area contributed by atoms with Crippen molar-refractivity contribution in [3.63, 3.8) is 0 Å². The number of fused-ring (bicyclic) bond motifs is 1. The van der Waals surface area contributed by atoms with E-state index in [9.17, 15) is 4.79 Å². The van der Waals surface area contributed by atoms with Crippen molar-refractivity contribution in [2.45, 2.75) is 6.92 Å². The molecule has 1 heterocycles. The minimum Gasteiger partial charge on any atom is -0.310 e. The van der Waals surface area contributed by atoms with Gasteiger partial charge in [0.25, 0.3) is 5.56 Å². The Bertz CT molecular complexity index is 851. The molecule has 0 saturated carbocycles. The van der Waals surface area contributed by atoms with Gasteiger partial charge < -0.3 is 4.98 Å². The number of nitrogens with one attached hydrogen (secondary N) is 1. The molecule has 1 aromatic heterocycles. The number of hydrogen-bond acceptors (Lipinski definition) is 2. The maximum absolute atomic E-state index is 12.0. The summed E-state index contributed by atoms with van der Waals surface area (Å²) in [5, 5.41) is 1.66. The zero-order valence-electron chi connectivity index (χ0n) is 10.6. The minimum absolute atomic E-state index is 0.150. The van der Waals surface area contributed by atoms with E-state index in [0.29, 0.717) is 26.8 Å². The van der Waals surface area contributed by atoms with E-state index in [-0.39, 0.29) is 5.56 Å². The second-order valence-electron chi connectivity index (χ2n) is 4.54. The fourth-order valence-corrected chi connectivity index (χ4v) is 2.68. The van der Waals surface area contributed by atoms with Gasteiger partial charge in [-0.15, -0.1) is 0 Å². The van der Waals surface area contributed by atoms with Gasteiger partial charge in [-0.2, -0.15) is 0 Å². The first-order valence-electron chi connectivity index (χ1n) is 6.00. The van der Waals surface area contributed by atoms with Crippen LogP contribution in [0.3, 0.4) is 0 Å². The zero-order valence-corrected chi connectivity index (χ0v) is 12.1. The molecule has 20 heavy (non-hydrogen) atoms. The normalized spacial score (nSPS) is 10.9. The lowest BCUT2D eigenvalue weighted by atomic mass is 10.0. The van der Waals surface area contributed by atoms with Gasteiger partial charge in [-0.05, 0) is 48.4 Å². The summed E-state index contributed by atoms with van der Waals surface area (Å²) in [5.74, 6) is 0.598. The van der Waals surface area contributed by atoms with E-state index in [1.54, 1.807) is 19.1 Å². The van der Waals surface area contributed by atoms with Gasteiger partial charge in [-0.25, -0.2) is 4.98 Å². The maximum atomic E-state index is 12.0.